The molecule has 3 rings (SSSR count). The Labute approximate surface area is 183 Å². The molecule has 0 nitrogen and oxygen atoms in total. The van der Waals surface area contributed by atoms with Gasteiger partial charge in [-0.1, -0.05) is 91.1 Å². The smallest absolute Gasteiger partial charge is 0.0656 e. The normalized spacial score (nSPS) is 14.0. The molecule has 0 bridgehead atoms. The molecule has 0 fully saturated rings. The van der Waals surface area contributed by atoms with Gasteiger partial charge in [0.1, 0.15) is 0 Å². The summed E-state index contributed by atoms with van der Waals surface area (Å²) in [5, 5.41) is 3.25. The molecular formula is C25H37BrSi2. The van der Waals surface area contributed by atoms with Crippen LogP contribution in [0, 0.1) is 0 Å². The van der Waals surface area contributed by atoms with Gasteiger partial charge in [-0.3, -0.25) is 0 Å². The molecule has 1 aliphatic carbocycles. The summed E-state index contributed by atoms with van der Waals surface area (Å²) in [5.74, 6) is 0. The molecule has 2 aromatic carbocycles. The quantitative estimate of drug-likeness (QED) is 0.300. The van der Waals surface area contributed by atoms with E-state index >= 15 is 0 Å². The van der Waals surface area contributed by atoms with Gasteiger partial charge in [-0.2, -0.15) is 0 Å². The van der Waals surface area contributed by atoms with E-state index in [1.54, 1.807) is 32.6 Å². The van der Waals surface area contributed by atoms with Crippen molar-refractivity contribution >= 4 is 42.5 Å². The molecule has 3 heteroatoms. The Bertz CT molecular complexity index is 841. The Morgan fingerprint density at radius 3 is 1.93 bits per heavy atom. The standard InChI is InChI=1S/C25H37BrSi2/c1-27(2,3)24-18-23(26)25(28(4,5)6)17-22(24)11-9-7-8-10-19-12-13-20-14-15-21(20)16-19/h12-13,16-18H,7-11,14-15H2,1-6H3. The number of rotatable bonds is 8. The number of benzene rings is 2. The molecule has 28 heavy (non-hydrogen) atoms. The molecule has 0 saturated carbocycles. The molecule has 0 heterocycles. The lowest BCUT2D eigenvalue weighted by atomic mass is 9.86. The summed E-state index contributed by atoms with van der Waals surface area (Å²) in [6, 6.07) is 12.2. The summed E-state index contributed by atoms with van der Waals surface area (Å²) in [5.41, 5.74) is 6.37. The van der Waals surface area contributed by atoms with Crippen molar-refractivity contribution in [3.63, 3.8) is 0 Å². The Kier molecular flexibility index (Phi) is 6.78. The first-order chi connectivity index (χ1) is 13.1. The lowest BCUT2D eigenvalue weighted by Crippen LogP contribution is -2.45. The third-order valence-corrected chi connectivity index (χ3v) is 11.3. The van der Waals surface area contributed by atoms with E-state index in [1.165, 1.54) is 49.4 Å². The maximum Gasteiger partial charge on any atom is 0.0790 e. The predicted octanol–water partition coefficient (Wildman–Crippen LogP) is 6.59. The van der Waals surface area contributed by atoms with E-state index in [2.05, 4.69) is 85.5 Å². The van der Waals surface area contributed by atoms with Crippen LogP contribution in [0.15, 0.2) is 34.8 Å². The molecule has 0 aromatic heterocycles. The van der Waals surface area contributed by atoms with E-state index in [-0.39, 0.29) is 0 Å². The first-order valence-electron chi connectivity index (χ1n) is 11.0. The van der Waals surface area contributed by atoms with Crippen LogP contribution in [0.4, 0.5) is 0 Å². The second-order valence-electron chi connectivity index (χ2n) is 10.7. The first kappa shape index (κ1) is 22.0. The van der Waals surface area contributed by atoms with Gasteiger partial charge in [0.25, 0.3) is 0 Å². The number of hydrogen-bond acceptors (Lipinski definition) is 0. The summed E-state index contributed by atoms with van der Waals surface area (Å²) >= 11 is 3.90. The Balaban J connectivity index is 1.62. The highest BCUT2D eigenvalue weighted by atomic mass is 79.9. The van der Waals surface area contributed by atoms with E-state index in [0.29, 0.717) is 0 Å². The van der Waals surface area contributed by atoms with Crippen molar-refractivity contribution in [2.75, 3.05) is 0 Å². The number of aryl methyl sites for hydroxylation is 4. The van der Waals surface area contributed by atoms with Crippen molar-refractivity contribution in [2.24, 2.45) is 0 Å². The Morgan fingerprint density at radius 1 is 0.714 bits per heavy atom. The molecule has 0 atom stereocenters. The SMILES string of the molecule is C[Si](C)(C)c1cc(CCCCCc2ccc3c(c2)CC3)c([Si](C)(C)C)cc1Br. The molecule has 152 valence electrons. The van der Waals surface area contributed by atoms with Gasteiger partial charge in [-0.25, -0.2) is 0 Å². The topological polar surface area (TPSA) is 0 Å². The minimum absolute atomic E-state index is 1.24. The van der Waals surface area contributed by atoms with Crippen LogP contribution < -0.4 is 10.4 Å². The average molecular weight is 474 g/mol. The maximum atomic E-state index is 3.90. The van der Waals surface area contributed by atoms with Crippen molar-refractivity contribution in [1.82, 2.24) is 0 Å². The van der Waals surface area contributed by atoms with Crippen molar-refractivity contribution < 1.29 is 0 Å². The minimum Gasteiger partial charge on any atom is -0.0656 e. The Hall–Kier alpha value is -0.646. The highest BCUT2D eigenvalue weighted by Crippen LogP contribution is 2.24. The molecule has 0 saturated heterocycles. The van der Waals surface area contributed by atoms with Gasteiger partial charge in [0.2, 0.25) is 0 Å². The third-order valence-electron chi connectivity index (χ3n) is 6.15. The van der Waals surface area contributed by atoms with E-state index in [0.717, 1.165) is 0 Å². The average Bonchev–Trinajstić information content (AvgIpc) is 2.55. The number of hydrogen-bond donors (Lipinski definition) is 0. The highest BCUT2D eigenvalue weighted by Gasteiger charge is 2.26. The number of halogens is 1. The van der Waals surface area contributed by atoms with Crippen LogP contribution in [0.3, 0.4) is 0 Å². The largest absolute Gasteiger partial charge is 0.0790 e. The fourth-order valence-corrected chi connectivity index (χ4v) is 9.80. The molecule has 0 aliphatic heterocycles. The van der Waals surface area contributed by atoms with Crippen molar-refractivity contribution in [3.8, 4) is 0 Å². The lowest BCUT2D eigenvalue weighted by Gasteiger charge is -2.26. The highest BCUT2D eigenvalue weighted by molar-refractivity contribution is 9.10. The van der Waals surface area contributed by atoms with Crippen LogP contribution >= 0.6 is 15.9 Å². The van der Waals surface area contributed by atoms with Crippen LogP contribution in [0.2, 0.25) is 39.3 Å². The van der Waals surface area contributed by atoms with Gasteiger partial charge in [0.05, 0.1) is 16.1 Å². The number of fused-ring (bicyclic) bond motifs is 1. The lowest BCUT2D eigenvalue weighted by molar-refractivity contribution is 0.678. The van der Waals surface area contributed by atoms with Crippen LogP contribution in [0.5, 0.6) is 0 Å². The van der Waals surface area contributed by atoms with E-state index < -0.39 is 16.1 Å². The van der Waals surface area contributed by atoms with Gasteiger partial charge < -0.3 is 0 Å². The fourth-order valence-electron chi connectivity index (χ4n) is 4.32. The Morgan fingerprint density at radius 2 is 1.36 bits per heavy atom. The maximum absolute atomic E-state index is 3.90. The summed E-state index contributed by atoms with van der Waals surface area (Å²) in [6.07, 6.45) is 9.05. The van der Waals surface area contributed by atoms with Crippen LogP contribution in [0.1, 0.15) is 41.5 Å². The molecule has 1 aliphatic rings. The summed E-state index contributed by atoms with van der Waals surface area (Å²) in [4.78, 5) is 0. The van der Waals surface area contributed by atoms with E-state index in [1.807, 2.05) is 0 Å². The summed E-state index contributed by atoms with van der Waals surface area (Å²) in [6.45, 7) is 14.8. The molecule has 2 aromatic rings. The van der Waals surface area contributed by atoms with Gasteiger partial charge in [0, 0.05) is 4.47 Å². The third kappa shape index (κ3) is 5.28. The molecule has 0 spiro atoms. The number of unbranched alkanes of at least 4 members (excludes halogenated alkanes) is 2. The van der Waals surface area contributed by atoms with Crippen molar-refractivity contribution in [3.05, 3.63) is 57.1 Å². The first-order valence-corrected chi connectivity index (χ1v) is 18.8. The zero-order valence-corrected chi connectivity index (χ0v) is 22.3. The van der Waals surface area contributed by atoms with Gasteiger partial charge >= 0.3 is 0 Å². The second-order valence-corrected chi connectivity index (χ2v) is 21.6. The van der Waals surface area contributed by atoms with Gasteiger partial charge in [-0.05, 0) is 72.0 Å². The second kappa shape index (κ2) is 8.61. The van der Waals surface area contributed by atoms with Crippen molar-refractivity contribution in [1.29, 1.82) is 0 Å². The summed E-state index contributed by atoms with van der Waals surface area (Å²) < 4.78 is 1.36. The summed E-state index contributed by atoms with van der Waals surface area (Å²) in [7, 11) is -2.66. The fraction of sp³-hybridized carbons (Fsp3) is 0.520. The zero-order valence-electron chi connectivity index (χ0n) is 18.7. The van der Waals surface area contributed by atoms with Gasteiger partial charge in [0.15, 0.2) is 0 Å². The van der Waals surface area contributed by atoms with Crippen LogP contribution in [-0.4, -0.2) is 16.1 Å². The molecule has 0 unspecified atom stereocenters. The monoisotopic (exact) mass is 472 g/mol. The predicted molar refractivity (Wildman–Crippen MR) is 135 cm³/mol. The molecule has 0 amide bonds. The zero-order chi connectivity index (χ0) is 20.5. The molecule has 0 N–H and O–H groups in total. The van der Waals surface area contributed by atoms with Gasteiger partial charge in [-0.15, -0.1) is 0 Å². The molecule has 0 radical (unpaired) electrons. The molecular weight excluding hydrogens is 436 g/mol. The minimum atomic E-state index is -1.33. The van der Waals surface area contributed by atoms with Crippen LogP contribution in [-0.2, 0) is 25.7 Å². The van der Waals surface area contributed by atoms with Crippen molar-refractivity contribution in [2.45, 2.75) is 84.2 Å². The van der Waals surface area contributed by atoms with E-state index in [4.69, 9.17) is 0 Å². The van der Waals surface area contributed by atoms with E-state index in [9.17, 15) is 0 Å². The van der Waals surface area contributed by atoms with Crippen LogP contribution in [0.25, 0.3) is 0 Å².